The summed E-state index contributed by atoms with van der Waals surface area (Å²) >= 11 is 0. The van der Waals surface area contributed by atoms with Crippen LogP contribution in [0.5, 0.6) is 11.5 Å². The number of carbonyl (C=O) groups is 3. The molecule has 0 radical (unpaired) electrons. The minimum Gasteiger partial charge on any atom is -0.458 e. The van der Waals surface area contributed by atoms with Crippen LogP contribution in [0.15, 0.2) is 183 Å². The van der Waals surface area contributed by atoms with E-state index in [2.05, 4.69) is 99.2 Å². The fraction of sp³-hybridized carbons (Fsp3) is 0.125. The number of esters is 3. The summed E-state index contributed by atoms with van der Waals surface area (Å²) in [6.45, 7) is 16.6. The van der Waals surface area contributed by atoms with Crippen molar-refractivity contribution in [2.24, 2.45) is 0 Å². The molecule has 0 bridgehead atoms. The minimum atomic E-state index is -0.626. The smallest absolute Gasteiger partial charge is 0.343 e. The third-order valence-corrected chi connectivity index (χ3v) is 10.9. The van der Waals surface area contributed by atoms with Gasteiger partial charge in [-0.25, -0.2) is 14.4 Å². The van der Waals surface area contributed by atoms with E-state index in [1.54, 1.807) is 48.5 Å². The van der Waals surface area contributed by atoms with Gasteiger partial charge in [0.15, 0.2) is 0 Å². The number of carbonyl (C=O) groups excluding carboxylic acids is 3. The Hall–Kier alpha value is -8.01. The fourth-order valence-corrected chi connectivity index (χ4v) is 7.01. The molecule has 9 heteroatoms. The Labute approximate surface area is 380 Å². The van der Waals surface area contributed by atoms with E-state index in [1.807, 2.05) is 60.7 Å². The van der Waals surface area contributed by atoms with Gasteiger partial charge in [-0.05, 0) is 176 Å². The van der Waals surface area contributed by atoms with Crippen molar-refractivity contribution in [2.45, 2.75) is 40.9 Å². The Kier molecular flexibility index (Phi) is 14.5. The molecule has 0 atom stereocenters. The highest BCUT2D eigenvalue weighted by atomic mass is 16.5. The van der Waals surface area contributed by atoms with Crippen LogP contribution in [0.2, 0.25) is 0 Å². The van der Waals surface area contributed by atoms with Gasteiger partial charge in [0.05, 0.1) is 24.3 Å². The maximum atomic E-state index is 13.4. The summed E-state index contributed by atoms with van der Waals surface area (Å²) in [6, 6.07) is 49.3. The number of ether oxygens (including phenoxy) is 4. The van der Waals surface area contributed by atoms with E-state index >= 15 is 0 Å². The predicted molar refractivity (Wildman–Crippen MR) is 257 cm³/mol. The van der Waals surface area contributed by atoms with Crippen molar-refractivity contribution >= 4 is 52.0 Å². The van der Waals surface area contributed by atoms with E-state index < -0.39 is 17.9 Å². The summed E-state index contributed by atoms with van der Waals surface area (Å²) in [5.74, 6) is -1.05. The maximum absolute atomic E-state index is 13.4. The normalized spacial score (nSPS) is 10.7. The Balaban J connectivity index is 1.04. The van der Waals surface area contributed by atoms with E-state index in [0.29, 0.717) is 24.7 Å². The minimum absolute atomic E-state index is 0.131. The molecule has 0 saturated carbocycles. The zero-order chi connectivity index (χ0) is 45.9. The van der Waals surface area contributed by atoms with Crippen LogP contribution in [0.3, 0.4) is 0 Å². The average molecular weight is 863 g/mol. The zero-order valence-electron chi connectivity index (χ0n) is 37.0. The lowest BCUT2D eigenvalue weighted by atomic mass is 10.1. The monoisotopic (exact) mass is 862 g/mol. The van der Waals surface area contributed by atoms with Gasteiger partial charge in [-0.3, -0.25) is 0 Å². The van der Waals surface area contributed by atoms with Crippen LogP contribution in [0.4, 0.5) is 34.1 Å². The van der Waals surface area contributed by atoms with Gasteiger partial charge in [-0.1, -0.05) is 55.1 Å². The molecule has 7 aromatic rings. The van der Waals surface area contributed by atoms with E-state index in [9.17, 15) is 14.4 Å². The van der Waals surface area contributed by atoms with Crippen LogP contribution in [-0.4, -0.2) is 24.5 Å². The number of hydrogen-bond donors (Lipinski definition) is 0. The number of hydrogen-bond acceptors (Lipinski definition) is 9. The van der Waals surface area contributed by atoms with E-state index in [1.165, 1.54) is 22.8 Å². The molecule has 7 aromatic carbocycles. The number of benzene rings is 7. The van der Waals surface area contributed by atoms with Crippen LogP contribution >= 0.6 is 0 Å². The molecule has 326 valence electrons. The lowest BCUT2D eigenvalue weighted by molar-refractivity contribution is -0.138. The largest absolute Gasteiger partial charge is 0.458 e. The van der Waals surface area contributed by atoms with Crippen molar-refractivity contribution < 1.29 is 33.3 Å². The van der Waals surface area contributed by atoms with Crippen molar-refractivity contribution in [2.75, 3.05) is 16.4 Å². The van der Waals surface area contributed by atoms with Crippen LogP contribution in [0.25, 0.3) is 0 Å². The first kappa shape index (κ1) is 45.0. The molecule has 65 heavy (non-hydrogen) atoms. The molecule has 0 spiro atoms. The lowest BCUT2D eigenvalue weighted by Crippen LogP contribution is -2.13. The molecular weight excluding hydrogens is 813 g/mol. The fourth-order valence-electron chi connectivity index (χ4n) is 7.01. The third-order valence-electron chi connectivity index (χ3n) is 10.9. The summed E-state index contributed by atoms with van der Waals surface area (Å²) in [7, 11) is 0. The van der Waals surface area contributed by atoms with Gasteiger partial charge in [0.1, 0.15) is 18.1 Å². The van der Waals surface area contributed by atoms with Crippen LogP contribution in [-0.2, 0) is 27.5 Å². The molecular formula is C56H50N2O7. The van der Waals surface area contributed by atoms with Crippen LogP contribution in [0.1, 0.15) is 54.1 Å². The van der Waals surface area contributed by atoms with Gasteiger partial charge in [-0.15, -0.1) is 6.58 Å². The highest BCUT2D eigenvalue weighted by molar-refractivity contribution is 5.97. The molecule has 7 rings (SSSR count). The highest BCUT2D eigenvalue weighted by Crippen LogP contribution is 2.38. The number of rotatable bonds is 17. The molecule has 0 heterocycles. The SMILES string of the molecule is C=CCOCc1ccc(N(c2ccc(OC(=O)c3cccc(C(=O)Oc4ccc(N(c5ccc(COC(=O)C=C)cc5)c5ccc(C)c(C)c5)cc4)c3)cc2)c2ccc(C)c(C)c2)cc1. The van der Waals surface area contributed by atoms with Crippen molar-refractivity contribution in [3.63, 3.8) is 0 Å². The zero-order valence-corrected chi connectivity index (χ0v) is 37.0. The maximum Gasteiger partial charge on any atom is 0.343 e. The Morgan fingerprint density at radius 3 is 1.28 bits per heavy atom. The standard InChI is InChI=1S/C56H50N2O7/c1-7-32-62-36-42-14-20-46(21-15-42)57(50-18-12-38(3)40(5)33-50)48-24-28-52(29-25-48)64-55(60)44-10-9-11-45(35-44)56(61)65-53-30-26-49(27-31-53)58(51-19-13-39(4)41(6)34-51)47-22-16-43(17-23-47)37-63-54(59)8-2/h7-31,33-35H,1-2,32,36-37H2,3-6H3. The van der Waals surface area contributed by atoms with Crippen molar-refractivity contribution in [1.29, 1.82) is 0 Å². The Morgan fingerprint density at radius 1 is 0.477 bits per heavy atom. The van der Waals surface area contributed by atoms with Gasteiger partial charge in [0, 0.05) is 40.2 Å². The second kappa shape index (κ2) is 20.9. The lowest BCUT2D eigenvalue weighted by Gasteiger charge is -2.26. The summed E-state index contributed by atoms with van der Waals surface area (Å²) in [6.07, 6.45) is 2.87. The van der Waals surface area contributed by atoms with E-state index in [4.69, 9.17) is 18.9 Å². The predicted octanol–water partition coefficient (Wildman–Crippen LogP) is 13.2. The Morgan fingerprint density at radius 2 is 0.877 bits per heavy atom. The first-order valence-corrected chi connectivity index (χ1v) is 21.1. The number of anilines is 6. The first-order chi connectivity index (χ1) is 31.5. The summed E-state index contributed by atoms with van der Waals surface area (Å²) < 4.78 is 22.4. The van der Waals surface area contributed by atoms with Crippen molar-refractivity contribution in [3.05, 3.63) is 228 Å². The quantitative estimate of drug-likeness (QED) is 0.0292. The molecule has 0 aliphatic rings. The van der Waals surface area contributed by atoms with E-state index in [-0.39, 0.29) is 17.7 Å². The number of nitrogens with zero attached hydrogens (tertiary/aromatic N) is 2. The molecule has 0 aliphatic heterocycles. The number of aryl methyl sites for hydroxylation is 4. The van der Waals surface area contributed by atoms with Gasteiger partial charge in [-0.2, -0.15) is 0 Å². The van der Waals surface area contributed by atoms with E-state index in [0.717, 1.165) is 56.9 Å². The van der Waals surface area contributed by atoms with Crippen molar-refractivity contribution in [3.8, 4) is 11.5 Å². The first-order valence-electron chi connectivity index (χ1n) is 21.1. The Bertz CT molecular complexity index is 2810. The van der Waals surface area contributed by atoms with Gasteiger partial charge in [0.2, 0.25) is 0 Å². The molecule has 0 fully saturated rings. The van der Waals surface area contributed by atoms with Crippen LogP contribution < -0.4 is 19.3 Å². The summed E-state index contributed by atoms with van der Waals surface area (Å²) in [5, 5.41) is 0. The van der Waals surface area contributed by atoms with Crippen LogP contribution in [0, 0.1) is 27.7 Å². The molecule has 0 N–H and O–H groups in total. The van der Waals surface area contributed by atoms with Gasteiger partial charge in [0.25, 0.3) is 0 Å². The molecule has 9 nitrogen and oxygen atoms in total. The van der Waals surface area contributed by atoms with Gasteiger partial charge < -0.3 is 28.7 Å². The molecule has 0 amide bonds. The highest BCUT2D eigenvalue weighted by Gasteiger charge is 2.18. The molecule has 0 aromatic heterocycles. The molecule has 0 aliphatic carbocycles. The van der Waals surface area contributed by atoms with Gasteiger partial charge >= 0.3 is 17.9 Å². The summed E-state index contributed by atoms with van der Waals surface area (Å²) in [5.41, 5.74) is 12.4. The topological polar surface area (TPSA) is 94.6 Å². The second-order valence-electron chi connectivity index (χ2n) is 15.5. The second-order valence-corrected chi connectivity index (χ2v) is 15.5. The third kappa shape index (κ3) is 11.3. The summed E-state index contributed by atoms with van der Waals surface area (Å²) in [4.78, 5) is 42.7. The molecule has 0 saturated heterocycles. The van der Waals surface area contributed by atoms with Crippen molar-refractivity contribution in [1.82, 2.24) is 0 Å². The average Bonchev–Trinajstić information content (AvgIpc) is 3.32. The molecule has 0 unspecified atom stereocenters.